The standard InChI is InChI=1S/C17H14F3N5OS/c18-17(19,20)14-8-11(13-2-1-7-27-13)23-15-9-12(24-25(14)15)16(26)22-10-3-5-21-6-4-10/h1-7,9,11,14,23H,8H2,(H,21,22,26)/t11-,14+/m1/s1. The number of aromatic nitrogens is 3. The molecule has 2 N–H and O–H groups in total. The van der Waals surface area contributed by atoms with Crippen LogP contribution in [0.5, 0.6) is 0 Å². The number of nitrogens with zero attached hydrogens (tertiary/aromatic N) is 3. The van der Waals surface area contributed by atoms with Gasteiger partial charge < -0.3 is 10.6 Å². The molecule has 0 spiro atoms. The highest BCUT2D eigenvalue weighted by Gasteiger charge is 2.47. The van der Waals surface area contributed by atoms with E-state index < -0.39 is 24.2 Å². The molecule has 0 saturated heterocycles. The van der Waals surface area contributed by atoms with Gasteiger partial charge in [-0.05, 0) is 23.6 Å². The Morgan fingerprint density at radius 1 is 1.30 bits per heavy atom. The summed E-state index contributed by atoms with van der Waals surface area (Å²) in [6.07, 6.45) is -1.66. The topological polar surface area (TPSA) is 71.8 Å². The molecule has 2 atom stereocenters. The normalized spacial score (nSPS) is 19.2. The van der Waals surface area contributed by atoms with Crippen LogP contribution in [0.1, 0.15) is 33.9 Å². The summed E-state index contributed by atoms with van der Waals surface area (Å²) in [7, 11) is 0. The molecule has 0 aliphatic carbocycles. The molecule has 6 nitrogen and oxygen atoms in total. The number of hydrogen-bond donors (Lipinski definition) is 2. The molecule has 27 heavy (non-hydrogen) atoms. The molecule has 0 radical (unpaired) electrons. The van der Waals surface area contributed by atoms with Crippen LogP contribution in [0.25, 0.3) is 0 Å². The van der Waals surface area contributed by atoms with E-state index in [1.165, 1.54) is 29.8 Å². The Labute approximate surface area is 156 Å². The highest BCUT2D eigenvalue weighted by atomic mass is 32.1. The van der Waals surface area contributed by atoms with Gasteiger partial charge in [0, 0.05) is 35.4 Å². The second-order valence-corrected chi connectivity index (χ2v) is 7.03. The van der Waals surface area contributed by atoms with Gasteiger partial charge in [0.05, 0.1) is 6.04 Å². The molecule has 1 aliphatic heterocycles. The molecule has 3 aromatic rings. The predicted molar refractivity (Wildman–Crippen MR) is 94.8 cm³/mol. The van der Waals surface area contributed by atoms with E-state index in [1.807, 2.05) is 5.38 Å². The van der Waals surface area contributed by atoms with Crippen LogP contribution < -0.4 is 10.6 Å². The summed E-state index contributed by atoms with van der Waals surface area (Å²) in [6.45, 7) is 0. The maximum atomic E-state index is 13.6. The van der Waals surface area contributed by atoms with E-state index in [0.29, 0.717) is 5.69 Å². The van der Waals surface area contributed by atoms with Gasteiger partial charge in [0.25, 0.3) is 5.91 Å². The lowest BCUT2D eigenvalue weighted by molar-refractivity contribution is -0.173. The molecule has 0 saturated carbocycles. The molecular weight excluding hydrogens is 379 g/mol. The molecule has 4 rings (SSSR count). The van der Waals surface area contributed by atoms with E-state index in [-0.39, 0.29) is 17.9 Å². The fourth-order valence-electron chi connectivity index (χ4n) is 2.99. The summed E-state index contributed by atoms with van der Waals surface area (Å²) in [5, 5.41) is 11.4. The number of nitrogens with one attached hydrogen (secondary N) is 2. The smallest absolute Gasteiger partial charge is 0.363 e. The molecule has 1 amide bonds. The van der Waals surface area contributed by atoms with Crippen LogP contribution in [0, 0.1) is 0 Å². The Morgan fingerprint density at radius 3 is 2.74 bits per heavy atom. The molecule has 0 unspecified atom stereocenters. The average Bonchev–Trinajstić information content (AvgIpc) is 3.30. The van der Waals surface area contributed by atoms with E-state index in [1.54, 1.807) is 24.3 Å². The fourth-order valence-corrected chi connectivity index (χ4v) is 3.78. The Bertz CT molecular complexity index is 939. The average molecular weight is 393 g/mol. The third-order valence-electron chi connectivity index (χ3n) is 4.25. The molecule has 0 aromatic carbocycles. The van der Waals surface area contributed by atoms with Gasteiger partial charge in [0.2, 0.25) is 0 Å². The van der Waals surface area contributed by atoms with Gasteiger partial charge in [-0.15, -0.1) is 11.3 Å². The number of alkyl halides is 3. The molecule has 140 valence electrons. The molecule has 0 bridgehead atoms. The number of carbonyl (C=O) groups is 1. The molecule has 10 heteroatoms. The third kappa shape index (κ3) is 3.52. The van der Waals surface area contributed by atoms with Crippen molar-refractivity contribution in [2.45, 2.75) is 24.7 Å². The predicted octanol–water partition coefficient (Wildman–Crippen LogP) is 4.25. The van der Waals surface area contributed by atoms with Crippen molar-refractivity contribution < 1.29 is 18.0 Å². The molecule has 4 heterocycles. The zero-order valence-electron chi connectivity index (χ0n) is 13.8. The molecular formula is C17H14F3N5OS. The SMILES string of the molecule is O=C(Nc1ccncc1)c1cc2n(n1)[C@H](C(F)(F)F)C[C@H](c1cccs1)N2. The fraction of sp³-hybridized carbons (Fsp3) is 0.235. The van der Waals surface area contributed by atoms with Crippen molar-refractivity contribution in [3.63, 3.8) is 0 Å². The summed E-state index contributed by atoms with van der Waals surface area (Å²) in [5.74, 6) is -0.416. The Kier molecular flexibility index (Phi) is 4.34. The lowest BCUT2D eigenvalue weighted by atomic mass is 10.0. The minimum Gasteiger partial charge on any atom is -0.363 e. The van der Waals surface area contributed by atoms with Gasteiger partial charge in [0.1, 0.15) is 5.82 Å². The van der Waals surface area contributed by atoms with Crippen LogP contribution in [0.2, 0.25) is 0 Å². The number of carbonyl (C=O) groups excluding carboxylic acids is 1. The van der Waals surface area contributed by atoms with Gasteiger partial charge in [-0.2, -0.15) is 18.3 Å². The van der Waals surface area contributed by atoms with Crippen molar-refractivity contribution in [1.82, 2.24) is 14.8 Å². The number of hydrogen-bond acceptors (Lipinski definition) is 5. The summed E-state index contributed by atoms with van der Waals surface area (Å²) < 4.78 is 41.7. The Morgan fingerprint density at radius 2 is 2.07 bits per heavy atom. The van der Waals surface area contributed by atoms with Gasteiger partial charge in [-0.3, -0.25) is 9.78 Å². The number of rotatable bonds is 3. The molecule has 0 fully saturated rings. The first-order valence-electron chi connectivity index (χ1n) is 8.09. The first-order chi connectivity index (χ1) is 12.9. The largest absolute Gasteiger partial charge is 0.410 e. The number of fused-ring (bicyclic) bond motifs is 1. The number of thiophene rings is 1. The number of amides is 1. The first-order valence-corrected chi connectivity index (χ1v) is 8.97. The van der Waals surface area contributed by atoms with Crippen LogP contribution in [-0.2, 0) is 0 Å². The maximum Gasteiger partial charge on any atom is 0.410 e. The van der Waals surface area contributed by atoms with Crippen LogP contribution in [0.15, 0.2) is 48.1 Å². The van der Waals surface area contributed by atoms with E-state index in [2.05, 4.69) is 20.7 Å². The Balaban J connectivity index is 1.64. The van der Waals surface area contributed by atoms with Crippen molar-refractivity contribution in [3.8, 4) is 0 Å². The van der Waals surface area contributed by atoms with Crippen molar-refractivity contribution in [2.75, 3.05) is 10.6 Å². The summed E-state index contributed by atoms with van der Waals surface area (Å²) in [4.78, 5) is 17.0. The van der Waals surface area contributed by atoms with Crippen molar-refractivity contribution >= 4 is 28.7 Å². The Hall–Kier alpha value is -2.88. The second kappa shape index (κ2) is 6.69. The number of halogens is 3. The molecule has 3 aromatic heterocycles. The van der Waals surface area contributed by atoms with Crippen LogP contribution in [0.3, 0.4) is 0 Å². The summed E-state index contributed by atoms with van der Waals surface area (Å²) in [6, 6.07) is 5.80. The van der Waals surface area contributed by atoms with Crippen LogP contribution in [-0.4, -0.2) is 26.8 Å². The van der Waals surface area contributed by atoms with Crippen molar-refractivity contribution in [3.05, 3.63) is 58.7 Å². The highest BCUT2D eigenvalue weighted by Crippen LogP contribution is 2.44. The number of anilines is 2. The molecule has 1 aliphatic rings. The van der Waals surface area contributed by atoms with Crippen LogP contribution >= 0.6 is 11.3 Å². The quantitative estimate of drug-likeness (QED) is 0.698. The van der Waals surface area contributed by atoms with Crippen molar-refractivity contribution in [2.24, 2.45) is 0 Å². The lowest BCUT2D eigenvalue weighted by Gasteiger charge is -2.32. The third-order valence-corrected chi connectivity index (χ3v) is 5.23. The van der Waals surface area contributed by atoms with E-state index in [0.717, 1.165) is 9.56 Å². The summed E-state index contributed by atoms with van der Waals surface area (Å²) in [5.41, 5.74) is 0.396. The van der Waals surface area contributed by atoms with Gasteiger partial charge in [-0.1, -0.05) is 6.07 Å². The lowest BCUT2D eigenvalue weighted by Crippen LogP contribution is -2.35. The van der Waals surface area contributed by atoms with E-state index in [4.69, 9.17) is 0 Å². The minimum atomic E-state index is -4.47. The van der Waals surface area contributed by atoms with E-state index >= 15 is 0 Å². The minimum absolute atomic E-state index is 0.0876. The van der Waals surface area contributed by atoms with Gasteiger partial charge >= 0.3 is 6.18 Å². The monoisotopic (exact) mass is 393 g/mol. The zero-order chi connectivity index (χ0) is 19.0. The van der Waals surface area contributed by atoms with Crippen molar-refractivity contribution in [1.29, 1.82) is 0 Å². The van der Waals surface area contributed by atoms with Crippen LogP contribution in [0.4, 0.5) is 24.7 Å². The first kappa shape index (κ1) is 17.5. The maximum absolute atomic E-state index is 13.6. The number of pyridine rings is 1. The zero-order valence-corrected chi connectivity index (χ0v) is 14.6. The summed E-state index contributed by atoms with van der Waals surface area (Å²) >= 11 is 1.39. The highest BCUT2D eigenvalue weighted by molar-refractivity contribution is 7.10. The second-order valence-electron chi connectivity index (χ2n) is 6.05. The van der Waals surface area contributed by atoms with E-state index in [9.17, 15) is 18.0 Å². The van der Waals surface area contributed by atoms with Gasteiger partial charge in [-0.25, -0.2) is 4.68 Å². The van der Waals surface area contributed by atoms with Gasteiger partial charge in [0.15, 0.2) is 11.7 Å².